The third-order valence-corrected chi connectivity index (χ3v) is 3.72. The minimum Gasteiger partial charge on any atom is -0.369 e. The van der Waals surface area contributed by atoms with Gasteiger partial charge in [-0.3, -0.25) is 0 Å². The molecule has 0 amide bonds. The number of hydrogen-bond acceptors (Lipinski definition) is 2. The van der Waals surface area contributed by atoms with E-state index >= 15 is 0 Å². The van der Waals surface area contributed by atoms with E-state index < -0.39 is 0 Å². The predicted octanol–water partition coefficient (Wildman–Crippen LogP) is 3.21. The van der Waals surface area contributed by atoms with Gasteiger partial charge in [0.2, 0.25) is 0 Å². The van der Waals surface area contributed by atoms with Crippen LogP contribution in [0.2, 0.25) is 0 Å². The van der Waals surface area contributed by atoms with Crippen LogP contribution >= 0.6 is 0 Å². The number of hydrogen-bond donors (Lipinski definition) is 1. The highest BCUT2D eigenvalue weighted by Gasteiger charge is 2.12. The second kappa shape index (κ2) is 5.63. The molecule has 2 nitrogen and oxygen atoms in total. The van der Waals surface area contributed by atoms with E-state index in [-0.39, 0.29) is 5.82 Å². The van der Waals surface area contributed by atoms with Gasteiger partial charge in [-0.25, -0.2) is 4.39 Å². The third kappa shape index (κ3) is 2.83. The van der Waals surface area contributed by atoms with Gasteiger partial charge in [-0.05, 0) is 36.2 Å². The van der Waals surface area contributed by atoms with E-state index in [4.69, 9.17) is 0 Å². The molecule has 0 bridgehead atoms. The second-order valence-electron chi connectivity index (χ2n) is 5.30. The normalized spacial score (nSPS) is 15.4. The van der Waals surface area contributed by atoms with Crippen LogP contribution in [0, 0.1) is 12.7 Å². The number of aryl methyl sites for hydroxylation is 1. The Hall–Kier alpha value is -1.87. The fourth-order valence-corrected chi connectivity index (χ4v) is 2.67. The van der Waals surface area contributed by atoms with Crippen molar-refractivity contribution in [1.29, 1.82) is 0 Å². The van der Waals surface area contributed by atoms with Crippen LogP contribution in [0.3, 0.4) is 0 Å². The lowest BCUT2D eigenvalue weighted by atomic mass is 10.0. The predicted molar refractivity (Wildman–Crippen MR) is 81.7 cm³/mol. The van der Waals surface area contributed by atoms with Gasteiger partial charge in [0.15, 0.2) is 0 Å². The molecule has 0 unspecified atom stereocenters. The first kappa shape index (κ1) is 13.1. The average molecular weight is 270 g/mol. The molecular formula is C17H19FN2. The Bertz CT molecular complexity index is 604. The van der Waals surface area contributed by atoms with Gasteiger partial charge in [0.05, 0.1) is 0 Å². The van der Waals surface area contributed by atoms with Crippen molar-refractivity contribution in [2.75, 3.05) is 31.1 Å². The molecule has 20 heavy (non-hydrogen) atoms. The number of piperazine rings is 1. The van der Waals surface area contributed by atoms with Crippen LogP contribution in [0.15, 0.2) is 42.5 Å². The second-order valence-corrected chi connectivity index (χ2v) is 5.30. The van der Waals surface area contributed by atoms with E-state index in [1.807, 2.05) is 12.1 Å². The lowest BCUT2D eigenvalue weighted by molar-refractivity contribution is 0.585. The van der Waals surface area contributed by atoms with E-state index in [0.29, 0.717) is 0 Å². The minimum absolute atomic E-state index is 0.169. The van der Waals surface area contributed by atoms with Crippen molar-refractivity contribution >= 4 is 5.69 Å². The third-order valence-electron chi connectivity index (χ3n) is 3.72. The first-order valence-corrected chi connectivity index (χ1v) is 7.06. The van der Waals surface area contributed by atoms with E-state index in [1.54, 1.807) is 12.1 Å². The van der Waals surface area contributed by atoms with Gasteiger partial charge in [0, 0.05) is 31.9 Å². The van der Waals surface area contributed by atoms with Crippen LogP contribution < -0.4 is 10.2 Å². The Labute approximate surface area is 119 Å². The van der Waals surface area contributed by atoms with E-state index in [1.165, 1.54) is 5.56 Å². The summed E-state index contributed by atoms with van der Waals surface area (Å²) in [6.07, 6.45) is 0. The lowest BCUT2D eigenvalue weighted by Gasteiger charge is -2.29. The summed E-state index contributed by atoms with van der Waals surface area (Å²) in [7, 11) is 0. The standard InChI is InChI=1S/C17H19FN2/c1-13-3-2-4-14(9-13)15-10-16(18)12-17(11-15)20-7-5-19-6-8-20/h2-4,9-12,19H,5-8H2,1H3. The zero-order chi connectivity index (χ0) is 13.9. The molecule has 1 fully saturated rings. The van der Waals surface area contributed by atoms with Crippen molar-refractivity contribution in [2.45, 2.75) is 6.92 Å². The van der Waals surface area contributed by atoms with Gasteiger partial charge in [-0.2, -0.15) is 0 Å². The molecule has 2 aromatic rings. The number of nitrogens with one attached hydrogen (secondary N) is 1. The first-order chi connectivity index (χ1) is 9.72. The molecule has 0 spiro atoms. The van der Waals surface area contributed by atoms with Crippen molar-refractivity contribution in [3.05, 3.63) is 53.8 Å². The maximum Gasteiger partial charge on any atom is 0.125 e. The van der Waals surface area contributed by atoms with Gasteiger partial charge in [-0.15, -0.1) is 0 Å². The molecule has 2 aromatic carbocycles. The average Bonchev–Trinajstić information content (AvgIpc) is 2.47. The smallest absolute Gasteiger partial charge is 0.125 e. The van der Waals surface area contributed by atoms with E-state index in [9.17, 15) is 4.39 Å². The van der Waals surface area contributed by atoms with Gasteiger partial charge in [0.25, 0.3) is 0 Å². The fourth-order valence-electron chi connectivity index (χ4n) is 2.67. The highest BCUT2D eigenvalue weighted by molar-refractivity contribution is 5.69. The zero-order valence-corrected chi connectivity index (χ0v) is 11.7. The SMILES string of the molecule is Cc1cccc(-c2cc(F)cc(N3CCNCC3)c2)c1. The Balaban J connectivity index is 1.97. The number of anilines is 1. The Kier molecular flexibility index (Phi) is 3.70. The monoisotopic (exact) mass is 270 g/mol. The molecule has 1 aliphatic rings. The van der Waals surface area contributed by atoms with Crippen LogP contribution in [0.1, 0.15) is 5.56 Å². The van der Waals surface area contributed by atoms with E-state index in [0.717, 1.165) is 43.0 Å². The minimum atomic E-state index is -0.169. The molecule has 1 heterocycles. The van der Waals surface area contributed by atoms with Crippen molar-refractivity contribution < 1.29 is 4.39 Å². The first-order valence-electron chi connectivity index (χ1n) is 7.06. The maximum absolute atomic E-state index is 13.9. The van der Waals surface area contributed by atoms with E-state index in [2.05, 4.69) is 35.3 Å². The summed E-state index contributed by atoms with van der Waals surface area (Å²) in [6.45, 7) is 5.82. The van der Waals surface area contributed by atoms with Crippen LogP contribution in [0.5, 0.6) is 0 Å². The molecule has 0 aliphatic carbocycles. The number of rotatable bonds is 2. The van der Waals surface area contributed by atoms with Gasteiger partial charge in [0.1, 0.15) is 5.82 Å². The molecule has 0 atom stereocenters. The molecule has 3 rings (SSSR count). The molecule has 1 N–H and O–H groups in total. The highest BCUT2D eigenvalue weighted by atomic mass is 19.1. The number of halogens is 1. The summed E-state index contributed by atoms with van der Waals surface area (Å²) in [5, 5.41) is 3.32. The summed E-state index contributed by atoms with van der Waals surface area (Å²) in [5.41, 5.74) is 4.18. The number of benzene rings is 2. The topological polar surface area (TPSA) is 15.3 Å². The quantitative estimate of drug-likeness (QED) is 0.901. The molecule has 0 saturated carbocycles. The maximum atomic E-state index is 13.9. The van der Waals surface area contributed by atoms with Gasteiger partial charge in [-0.1, -0.05) is 29.8 Å². The molecule has 1 saturated heterocycles. The van der Waals surface area contributed by atoms with Crippen molar-refractivity contribution in [3.8, 4) is 11.1 Å². The highest BCUT2D eigenvalue weighted by Crippen LogP contribution is 2.27. The van der Waals surface area contributed by atoms with Crippen LogP contribution in [-0.2, 0) is 0 Å². The molecule has 0 radical (unpaired) electrons. The number of nitrogens with zero attached hydrogens (tertiary/aromatic N) is 1. The van der Waals surface area contributed by atoms with Gasteiger partial charge < -0.3 is 10.2 Å². The molecule has 3 heteroatoms. The molecule has 1 aliphatic heterocycles. The Morgan fingerprint density at radius 3 is 2.55 bits per heavy atom. The summed E-state index contributed by atoms with van der Waals surface area (Å²) in [4.78, 5) is 2.23. The summed E-state index contributed by atoms with van der Waals surface area (Å²) >= 11 is 0. The molecule has 104 valence electrons. The van der Waals surface area contributed by atoms with Crippen molar-refractivity contribution in [1.82, 2.24) is 5.32 Å². The van der Waals surface area contributed by atoms with Crippen LogP contribution in [0.4, 0.5) is 10.1 Å². The van der Waals surface area contributed by atoms with Crippen molar-refractivity contribution in [3.63, 3.8) is 0 Å². The Morgan fingerprint density at radius 1 is 1.00 bits per heavy atom. The zero-order valence-electron chi connectivity index (χ0n) is 11.7. The molecule has 0 aromatic heterocycles. The van der Waals surface area contributed by atoms with Crippen LogP contribution in [0.25, 0.3) is 11.1 Å². The largest absolute Gasteiger partial charge is 0.369 e. The summed E-state index contributed by atoms with van der Waals surface area (Å²) < 4.78 is 13.9. The lowest BCUT2D eigenvalue weighted by Crippen LogP contribution is -2.43. The summed E-state index contributed by atoms with van der Waals surface area (Å²) in [5.74, 6) is -0.169. The van der Waals surface area contributed by atoms with Gasteiger partial charge >= 0.3 is 0 Å². The fraction of sp³-hybridized carbons (Fsp3) is 0.294. The Morgan fingerprint density at radius 2 is 1.80 bits per heavy atom. The van der Waals surface area contributed by atoms with Crippen LogP contribution in [-0.4, -0.2) is 26.2 Å². The summed E-state index contributed by atoms with van der Waals surface area (Å²) in [6, 6.07) is 13.5. The molecular weight excluding hydrogens is 251 g/mol. The van der Waals surface area contributed by atoms with Crippen molar-refractivity contribution in [2.24, 2.45) is 0 Å².